The van der Waals surface area contributed by atoms with Crippen LogP contribution < -0.4 is 5.32 Å². The van der Waals surface area contributed by atoms with Gasteiger partial charge in [-0.15, -0.1) is 0 Å². The van der Waals surface area contributed by atoms with Crippen LogP contribution in [0.25, 0.3) is 10.9 Å². The number of thioether (sulfide) groups is 1. The average molecular weight is 359 g/mol. The molecule has 0 unspecified atom stereocenters. The number of aromatic nitrogens is 1. The minimum absolute atomic E-state index is 0.158. The molecular formula is C19H22N2OS2. The number of hydrogen-bond donors (Lipinski definition) is 2. The lowest BCUT2D eigenvalue weighted by Gasteiger charge is -2.05. The topological polar surface area (TPSA) is 44.9 Å². The van der Waals surface area contributed by atoms with Crippen molar-refractivity contribution in [3.8, 4) is 0 Å². The van der Waals surface area contributed by atoms with Gasteiger partial charge >= 0.3 is 0 Å². The van der Waals surface area contributed by atoms with E-state index in [1.807, 2.05) is 17.8 Å². The van der Waals surface area contributed by atoms with Gasteiger partial charge in [-0.2, -0.15) is 23.1 Å². The Bertz CT molecular complexity index is 765. The number of rotatable bonds is 9. The Morgan fingerprint density at radius 3 is 3.04 bits per heavy atom. The van der Waals surface area contributed by atoms with E-state index >= 15 is 0 Å². The molecule has 0 saturated heterocycles. The molecular weight excluding hydrogens is 336 g/mol. The number of fused-ring (bicyclic) bond motifs is 1. The van der Waals surface area contributed by atoms with Gasteiger partial charge in [0, 0.05) is 41.6 Å². The zero-order chi connectivity index (χ0) is 16.6. The van der Waals surface area contributed by atoms with Crippen molar-refractivity contribution >= 4 is 39.9 Å². The molecule has 5 heteroatoms. The molecule has 1 amide bonds. The molecule has 0 saturated carbocycles. The molecule has 0 atom stereocenters. The van der Waals surface area contributed by atoms with Crippen LogP contribution in [-0.4, -0.2) is 23.2 Å². The number of aromatic amines is 1. The lowest BCUT2D eigenvalue weighted by Crippen LogP contribution is -2.25. The van der Waals surface area contributed by atoms with E-state index in [1.165, 1.54) is 22.0 Å². The quantitative estimate of drug-likeness (QED) is 0.549. The van der Waals surface area contributed by atoms with E-state index in [1.54, 1.807) is 11.3 Å². The second-order valence-electron chi connectivity index (χ2n) is 5.75. The number of nitrogens with one attached hydrogen (secondary N) is 2. The fourth-order valence-electron chi connectivity index (χ4n) is 2.69. The van der Waals surface area contributed by atoms with E-state index in [9.17, 15) is 4.79 Å². The van der Waals surface area contributed by atoms with E-state index in [0.717, 1.165) is 30.9 Å². The number of amides is 1. The van der Waals surface area contributed by atoms with Crippen molar-refractivity contribution in [1.82, 2.24) is 10.3 Å². The van der Waals surface area contributed by atoms with E-state index < -0.39 is 0 Å². The van der Waals surface area contributed by atoms with Gasteiger partial charge in [0.25, 0.3) is 0 Å². The molecule has 2 heterocycles. The molecule has 1 aromatic carbocycles. The van der Waals surface area contributed by atoms with Crippen LogP contribution in [0.2, 0.25) is 0 Å². The van der Waals surface area contributed by atoms with Gasteiger partial charge in [-0.1, -0.05) is 18.2 Å². The Balaban J connectivity index is 1.30. The van der Waals surface area contributed by atoms with Gasteiger partial charge < -0.3 is 10.3 Å². The number of thiophene rings is 1. The summed E-state index contributed by atoms with van der Waals surface area (Å²) in [5.74, 6) is 2.15. The van der Waals surface area contributed by atoms with Crippen LogP contribution in [-0.2, 0) is 17.0 Å². The number of aryl methyl sites for hydroxylation is 1. The van der Waals surface area contributed by atoms with Crippen molar-refractivity contribution in [2.45, 2.75) is 25.0 Å². The summed E-state index contributed by atoms with van der Waals surface area (Å²) in [6, 6.07) is 10.5. The second-order valence-corrected chi connectivity index (χ2v) is 7.63. The minimum Gasteiger partial charge on any atom is -0.361 e. The molecule has 2 N–H and O–H groups in total. The maximum absolute atomic E-state index is 11.9. The molecule has 0 radical (unpaired) electrons. The number of carbonyl (C=O) groups is 1. The fourth-order valence-corrected chi connectivity index (χ4v) is 4.27. The lowest BCUT2D eigenvalue weighted by atomic mass is 10.1. The predicted molar refractivity (Wildman–Crippen MR) is 105 cm³/mol. The van der Waals surface area contributed by atoms with Gasteiger partial charge in [-0.05, 0) is 46.9 Å². The van der Waals surface area contributed by atoms with Crippen molar-refractivity contribution < 1.29 is 4.79 Å². The number of hydrogen-bond acceptors (Lipinski definition) is 3. The summed E-state index contributed by atoms with van der Waals surface area (Å²) in [5, 5.41) is 8.56. The molecule has 2 aromatic heterocycles. The van der Waals surface area contributed by atoms with Crippen molar-refractivity contribution in [3.63, 3.8) is 0 Å². The van der Waals surface area contributed by atoms with Gasteiger partial charge in [0.05, 0.1) is 0 Å². The predicted octanol–water partition coefficient (Wildman–Crippen LogP) is 4.60. The monoisotopic (exact) mass is 358 g/mol. The Morgan fingerprint density at radius 2 is 2.17 bits per heavy atom. The highest BCUT2D eigenvalue weighted by Gasteiger charge is 2.05. The van der Waals surface area contributed by atoms with Crippen LogP contribution >= 0.6 is 23.1 Å². The van der Waals surface area contributed by atoms with Gasteiger partial charge in [-0.3, -0.25) is 4.79 Å². The standard InChI is InChI=1S/C19H22N2OS2/c22-19(20-9-11-24-14-15-8-10-23-13-15)7-3-4-16-12-21-18-6-2-1-5-17(16)18/h1-2,5-6,8,10,12-13,21H,3-4,7,9,11,14H2,(H,20,22). The lowest BCUT2D eigenvalue weighted by molar-refractivity contribution is -0.121. The zero-order valence-corrected chi connectivity index (χ0v) is 15.2. The van der Waals surface area contributed by atoms with Gasteiger partial charge in [0.15, 0.2) is 0 Å². The van der Waals surface area contributed by atoms with E-state index in [-0.39, 0.29) is 5.91 Å². The van der Waals surface area contributed by atoms with Gasteiger partial charge in [0.2, 0.25) is 5.91 Å². The van der Waals surface area contributed by atoms with E-state index in [4.69, 9.17) is 0 Å². The Hall–Kier alpha value is -1.72. The molecule has 0 spiro atoms. The summed E-state index contributed by atoms with van der Waals surface area (Å²) >= 11 is 3.60. The van der Waals surface area contributed by atoms with E-state index in [2.05, 4.69) is 51.5 Å². The summed E-state index contributed by atoms with van der Waals surface area (Å²) < 4.78 is 0. The first-order chi connectivity index (χ1) is 11.8. The molecule has 3 aromatic rings. The second kappa shape index (κ2) is 8.94. The largest absolute Gasteiger partial charge is 0.361 e. The van der Waals surface area contributed by atoms with E-state index in [0.29, 0.717) is 6.42 Å². The first-order valence-electron chi connectivity index (χ1n) is 8.23. The van der Waals surface area contributed by atoms with Crippen LogP contribution in [0.3, 0.4) is 0 Å². The number of carbonyl (C=O) groups excluding carboxylic acids is 1. The Morgan fingerprint density at radius 1 is 1.25 bits per heavy atom. The Kier molecular flexibility index (Phi) is 6.38. The molecule has 0 aliphatic carbocycles. The third kappa shape index (κ3) is 4.89. The first kappa shape index (κ1) is 17.1. The van der Waals surface area contributed by atoms with Gasteiger partial charge in [0.1, 0.15) is 0 Å². The summed E-state index contributed by atoms with van der Waals surface area (Å²) in [7, 11) is 0. The highest BCUT2D eigenvalue weighted by atomic mass is 32.2. The third-order valence-corrected chi connectivity index (χ3v) is 5.70. The normalized spacial score (nSPS) is 11.0. The summed E-state index contributed by atoms with van der Waals surface area (Å²) in [6.45, 7) is 0.751. The molecule has 3 nitrogen and oxygen atoms in total. The third-order valence-electron chi connectivity index (χ3n) is 3.94. The molecule has 0 aliphatic heterocycles. The molecule has 0 fully saturated rings. The molecule has 0 aliphatic rings. The minimum atomic E-state index is 0.158. The highest BCUT2D eigenvalue weighted by Crippen LogP contribution is 2.19. The van der Waals surface area contributed by atoms with Crippen LogP contribution in [0.15, 0.2) is 47.3 Å². The molecule has 126 valence electrons. The number of benzene rings is 1. The summed E-state index contributed by atoms with van der Waals surface area (Å²) in [5.41, 5.74) is 3.83. The Labute approximate surface area is 150 Å². The van der Waals surface area contributed by atoms with Crippen molar-refractivity contribution in [3.05, 3.63) is 58.4 Å². The smallest absolute Gasteiger partial charge is 0.220 e. The SMILES string of the molecule is O=C(CCCc1c[nH]c2ccccc12)NCCSCc1ccsc1. The van der Waals surface area contributed by atoms with Crippen LogP contribution in [0.1, 0.15) is 24.0 Å². The maximum atomic E-state index is 11.9. The van der Waals surface area contributed by atoms with Gasteiger partial charge in [-0.25, -0.2) is 0 Å². The van der Waals surface area contributed by atoms with Crippen LogP contribution in [0.5, 0.6) is 0 Å². The molecule has 24 heavy (non-hydrogen) atoms. The zero-order valence-electron chi connectivity index (χ0n) is 13.6. The average Bonchev–Trinajstić information content (AvgIpc) is 3.25. The maximum Gasteiger partial charge on any atom is 0.220 e. The van der Waals surface area contributed by atoms with Crippen LogP contribution in [0, 0.1) is 0 Å². The molecule has 3 rings (SSSR count). The van der Waals surface area contributed by atoms with Crippen molar-refractivity contribution in [2.75, 3.05) is 12.3 Å². The van der Waals surface area contributed by atoms with Crippen molar-refractivity contribution in [1.29, 1.82) is 0 Å². The highest BCUT2D eigenvalue weighted by molar-refractivity contribution is 7.98. The summed E-state index contributed by atoms with van der Waals surface area (Å²) in [6.07, 6.45) is 4.47. The summed E-state index contributed by atoms with van der Waals surface area (Å²) in [4.78, 5) is 15.2. The van der Waals surface area contributed by atoms with Crippen LogP contribution in [0.4, 0.5) is 0 Å². The fraction of sp³-hybridized carbons (Fsp3) is 0.316. The molecule has 0 bridgehead atoms. The van der Waals surface area contributed by atoms with Crippen molar-refractivity contribution in [2.24, 2.45) is 0 Å². The number of H-pyrrole nitrogens is 1. The number of para-hydroxylation sites is 1. The first-order valence-corrected chi connectivity index (χ1v) is 10.3.